The zero-order chi connectivity index (χ0) is 12.4. The Labute approximate surface area is 105 Å². The third-order valence-electron chi connectivity index (χ3n) is 2.88. The molecule has 0 saturated heterocycles. The summed E-state index contributed by atoms with van der Waals surface area (Å²) in [4.78, 5) is 8.41. The van der Waals surface area contributed by atoms with Gasteiger partial charge in [-0.15, -0.1) is 0 Å². The molecule has 88 valence electrons. The minimum Gasteiger partial charge on any atom is -0.467 e. The van der Waals surface area contributed by atoms with Gasteiger partial charge in [-0.05, 0) is 16.8 Å². The van der Waals surface area contributed by atoms with Gasteiger partial charge in [-0.1, -0.05) is 42.5 Å². The molecule has 0 bridgehead atoms. The van der Waals surface area contributed by atoms with Crippen molar-refractivity contribution >= 4 is 10.8 Å². The van der Waals surface area contributed by atoms with E-state index in [0.717, 1.165) is 11.3 Å². The van der Waals surface area contributed by atoms with Crippen molar-refractivity contribution in [3.8, 4) is 17.3 Å². The molecule has 3 nitrogen and oxygen atoms in total. The van der Waals surface area contributed by atoms with Crippen LogP contribution in [0, 0.1) is 0 Å². The quantitative estimate of drug-likeness (QED) is 0.684. The number of benzene rings is 2. The van der Waals surface area contributed by atoms with E-state index in [1.165, 1.54) is 10.8 Å². The highest BCUT2D eigenvalue weighted by atomic mass is 16.5. The van der Waals surface area contributed by atoms with Crippen molar-refractivity contribution in [3.63, 3.8) is 0 Å². The summed E-state index contributed by atoms with van der Waals surface area (Å²) >= 11 is 0. The first kappa shape index (κ1) is 10.7. The van der Waals surface area contributed by atoms with E-state index in [0.29, 0.717) is 6.01 Å². The highest BCUT2D eigenvalue weighted by Crippen LogP contribution is 2.27. The summed E-state index contributed by atoms with van der Waals surface area (Å²) in [5.41, 5.74) is 1.97. The molecule has 1 heterocycles. The molecule has 2 aromatic carbocycles. The second kappa shape index (κ2) is 4.45. The van der Waals surface area contributed by atoms with E-state index in [4.69, 9.17) is 4.74 Å². The summed E-state index contributed by atoms with van der Waals surface area (Å²) < 4.78 is 5.07. The van der Waals surface area contributed by atoms with Gasteiger partial charge < -0.3 is 4.74 Å². The molecular formula is C15H12N2O. The number of rotatable bonds is 2. The Hall–Kier alpha value is -2.42. The fourth-order valence-corrected chi connectivity index (χ4v) is 2.04. The summed E-state index contributed by atoms with van der Waals surface area (Å²) in [6.07, 6.45) is 1.71. The molecule has 0 fully saturated rings. The lowest BCUT2D eigenvalue weighted by Crippen LogP contribution is -1.93. The van der Waals surface area contributed by atoms with Crippen molar-refractivity contribution in [2.75, 3.05) is 7.11 Å². The van der Waals surface area contributed by atoms with Crippen molar-refractivity contribution in [3.05, 3.63) is 54.7 Å². The second-order valence-corrected chi connectivity index (χ2v) is 3.96. The van der Waals surface area contributed by atoms with Crippen LogP contribution in [-0.2, 0) is 0 Å². The molecule has 0 aliphatic carbocycles. The number of aromatic nitrogens is 2. The average molecular weight is 236 g/mol. The maximum atomic E-state index is 5.07. The SMILES string of the molecule is COc1nccc(-c2cccc3ccccc23)n1. The molecule has 3 rings (SSSR count). The summed E-state index contributed by atoms with van der Waals surface area (Å²) in [6, 6.07) is 16.7. The fourth-order valence-electron chi connectivity index (χ4n) is 2.04. The van der Waals surface area contributed by atoms with Crippen molar-refractivity contribution in [2.45, 2.75) is 0 Å². The van der Waals surface area contributed by atoms with E-state index >= 15 is 0 Å². The summed E-state index contributed by atoms with van der Waals surface area (Å²) in [5.74, 6) is 0. The van der Waals surface area contributed by atoms with Gasteiger partial charge in [0.1, 0.15) is 0 Å². The van der Waals surface area contributed by atoms with Crippen LogP contribution in [0.4, 0.5) is 0 Å². The number of methoxy groups -OCH3 is 1. The van der Waals surface area contributed by atoms with Gasteiger partial charge in [0.25, 0.3) is 0 Å². The first-order valence-electron chi connectivity index (χ1n) is 5.73. The molecule has 3 heteroatoms. The predicted octanol–water partition coefficient (Wildman–Crippen LogP) is 3.31. The summed E-state index contributed by atoms with van der Waals surface area (Å²) in [5, 5.41) is 2.38. The van der Waals surface area contributed by atoms with Crippen LogP contribution < -0.4 is 4.74 Å². The van der Waals surface area contributed by atoms with Crippen LogP contribution in [0.1, 0.15) is 0 Å². The van der Waals surface area contributed by atoms with E-state index in [1.54, 1.807) is 13.3 Å². The molecule has 0 saturated carbocycles. The molecule has 0 amide bonds. The lowest BCUT2D eigenvalue weighted by molar-refractivity contribution is 0.380. The molecule has 0 radical (unpaired) electrons. The van der Waals surface area contributed by atoms with E-state index < -0.39 is 0 Å². The van der Waals surface area contributed by atoms with Crippen molar-refractivity contribution < 1.29 is 4.74 Å². The molecule has 0 unspecified atom stereocenters. The predicted molar refractivity (Wildman–Crippen MR) is 71.5 cm³/mol. The van der Waals surface area contributed by atoms with E-state index in [-0.39, 0.29) is 0 Å². The highest BCUT2D eigenvalue weighted by molar-refractivity contribution is 5.95. The molecule has 0 atom stereocenters. The number of hydrogen-bond donors (Lipinski definition) is 0. The lowest BCUT2D eigenvalue weighted by atomic mass is 10.0. The van der Waals surface area contributed by atoms with Gasteiger partial charge in [0.2, 0.25) is 0 Å². The molecular weight excluding hydrogens is 224 g/mol. The maximum absolute atomic E-state index is 5.07. The lowest BCUT2D eigenvalue weighted by Gasteiger charge is -2.06. The maximum Gasteiger partial charge on any atom is 0.316 e. The average Bonchev–Trinajstić information content (AvgIpc) is 2.47. The molecule has 0 N–H and O–H groups in total. The van der Waals surface area contributed by atoms with Gasteiger partial charge in [0.15, 0.2) is 0 Å². The Morgan fingerprint density at radius 2 is 1.78 bits per heavy atom. The molecule has 0 aliphatic heterocycles. The van der Waals surface area contributed by atoms with Crippen molar-refractivity contribution in [2.24, 2.45) is 0 Å². The van der Waals surface area contributed by atoms with Crippen molar-refractivity contribution in [1.82, 2.24) is 9.97 Å². The van der Waals surface area contributed by atoms with E-state index in [2.05, 4.69) is 34.2 Å². The smallest absolute Gasteiger partial charge is 0.316 e. The standard InChI is InChI=1S/C15H12N2O/c1-18-15-16-10-9-14(17-15)13-8-4-6-11-5-2-3-7-12(11)13/h2-10H,1H3. The highest BCUT2D eigenvalue weighted by Gasteiger charge is 2.05. The molecule has 0 spiro atoms. The zero-order valence-electron chi connectivity index (χ0n) is 10.00. The van der Waals surface area contributed by atoms with Crippen LogP contribution in [0.25, 0.3) is 22.0 Å². The van der Waals surface area contributed by atoms with Crippen LogP contribution >= 0.6 is 0 Å². The summed E-state index contributed by atoms with van der Waals surface area (Å²) in [6.45, 7) is 0. The Kier molecular flexibility index (Phi) is 2.65. The van der Waals surface area contributed by atoms with Crippen LogP contribution in [0.5, 0.6) is 6.01 Å². The Morgan fingerprint density at radius 1 is 0.944 bits per heavy atom. The minimum atomic E-state index is 0.389. The molecule has 1 aromatic heterocycles. The van der Waals surface area contributed by atoms with Gasteiger partial charge in [-0.25, -0.2) is 4.98 Å². The molecule has 18 heavy (non-hydrogen) atoms. The Bertz CT molecular complexity index is 689. The van der Waals surface area contributed by atoms with Crippen LogP contribution in [0.2, 0.25) is 0 Å². The van der Waals surface area contributed by atoms with E-state index in [9.17, 15) is 0 Å². The first-order chi connectivity index (χ1) is 8.88. The third kappa shape index (κ3) is 1.80. The first-order valence-corrected chi connectivity index (χ1v) is 5.73. The van der Waals surface area contributed by atoms with Gasteiger partial charge in [0, 0.05) is 11.8 Å². The number of hydrogen-bond acceptors (Lipinski definition) is 3. The van der Waals surface area contributed by atoms with Crippen LogP contribution in [-0.4, -0.2) is 17.1 Å². The van der Waals surface area contributed by atoms with E-state index in [1.807, 2.05) is 24.3 Å². The minimum absolute atomic E-state index is 0.389. The van der Waals surface area contributed by atoms with Gasteiger partial charge in [-0.2, -0.15) is 4.98 Å². The monoisotopic (exact) mass is 236 g/mol. The molecule has 0 aliphatic rings. The summed E-state index contributed by atoms with van der Waals surface area (Å²) in [7, 11) is 1.57. The molecule has 3 aromatic rings. The third-order valence-corrected chi connectivity index (χ3v) is 2.88. The number of ether oxygens (including phenoxy) is 1. The van der Waals surface area contributed by atoms with Gasteiger partial charge in [-0.3, -0.25) is 0 Å². The zero-order valence-corrected chi connectivity index (χ0v) is 10.00. The van der Waals surface area contributed by atoms with Gasteiger partial charge in [0.05, 0.1) is 12.8 Å². The second-order valence-electron chi connectivity index (χ2n) is 3.96. The number of fused-ring (bicyclic) bond motifs is 1. The van der Waals surface area contributed by atoms with Gasteiger partial charge >= 0.3 is 6.01 Å². The fraction of sp³-hybridized carbons (Fsp3) is 0.0667. The van der Waals surface area contributed by atoms with Crippen LogP contribution in [0.15, 0.2) is 54.7 Å². The van der Waals surface area contributed by atoms with Crippen molar-refractivity contribution in [1.29, 1.82) is 0 Å². The number of nitrogens with zero attached hydrogens (tertiary/aromatic N) is 2. The van der Waals surface area contributed by atoms with Crippen LogP contribution in [0.3, 0.4) is 0 Å². The Balaban J connectivity index is 2.24. The topological polar surface area (TPSA) is 35.0 Å². The Morgan fingerprint density at radius 3 is 2.67 bits per heavy atom. The normalized spacial score (nSPS) is 10.5. The largest absolute Gasteiger partial charge is 0.467 e.